The summed E-state index contributed by atoms with van der Waals surface area (Å²) in [7, 11) is 0. The van der Waals surface area contributed by atoms with Gasteiger partial charge in [0.25, 0.3) is 0 Å². The van der Waals surface area contributed by atoms with Crippen LogP contribution in [0.15, 0.2) is 11.6 Å². The van der Waals surface area contributed by atoms with Gasteiger partial charge in [-0.3, -0.25) is 0 Å². The predicted molar refractivity (Wildman–Crippen MR) is 57.3 cm³/mol. The minimum atomic E-state index is 0.853. The van der Waals surface area contributed by atoms with Gasteiger partial charge in [0.2, 0.25) is 0 Å². The Balaban J connectivity index is 3.44. The van der Waals surface area contributed by atoms with Crippen LogP contribution >= 0.6 is 0 Å². The smallest absolute Gasteiger partial charge is 0.0346 e. The summed E-state index contributed by atoms with van der Waals surface area (Å²) in [6.45, 7) is 11.3. The van der Waals surface area contributed by atoms with E-state index in [1.165, 1.54) is 24.8 Å². The van der Waals surface area contributed by atoms with Gasteiger partial charge in [0, 0.05) is 0 Å². The van der Waals surface area contributed by atoms with Crippen LogP contribution in [-0.4, -0.2) is 0 Å². The van der Waals surface area contributed by atoms with Crippen molar-refractivity contribution in [1.82, 2.24) is 0 Å². The lowest BCUT2D eigenvalue weighted by Gasteiger charge is -2.12. The van der Waals surface area contributed by atoms with Crippen molar-refractivity contribution >= 4 is 0 Å². The van der Waals surface area contributed by atoms with Crippen molar-refractivity contribution in [3.8, 4) is 0 Å². The molecular formula is C12H24. The van der Waals surface area contributed by atoms with E-state index in [0.29, 0.717) is 0 Å². The lowest BCUT2D eigenvalue weighted by atomic mass is 9.94. The highest BCUT2D eigenvalue weighted by Gasteiger charge is 2.03. The molecule has 0 saturated carbocycles. The molecule has 0 heterocycles. The molecule has 0 nitrogen and oxygen atoms in total. The first kappa shape index (κ1) is 11.7. The molecule has 0 aliphatic rings. The fourth-order valence-electron chi connectivity index (χ4n) is 1.58. The van der Waals surface area contributed by atoms with Gasteiger partial charge in [-0.25, -0.2) is 0 Å². The molecule has 0 N–H and O–H groups in total. The van der Waals surface area contributed by atoms with Gasteiger partial charge in [-0.15, -0.1) is 0 Å². The number of allylic oxidation sites excluding steroid dienone is 2. The summed E-state index contributed by atoms with van der Waals surface area (Å²) in [5.41, 5.74) is 1.45. The number of rotatable bonds is 5. The van der Waals surface area contributed by atoms with Crippen LogP contribution in [-0.2, 0) is 0 Å². The van der Waals surface area contributed by atoms with Crippen molar-refractivity contribution in [2.75, 3.05) is 0 Å². The molecule has 0 aromatic rings. The molecule has 0 rings (SSSR count). The molecule has 0 unspecified atom stereocenters. The summed E-state index contributed by atoms with van der Waals surface area (Å²) in [5, 5.41) is 0. The fraction of sp³-hybridized carbons (Fsp3) is 0.833. The van der Waals surface area contributed by atoms with E-state index in [-0.39, 0.29) is 0 Å². The normalized spacial score (nSPS) is 13.2. The molecular weight excluding hydrogens is 144 g/mol. The first-order valence-electron chi connectivity index (χ1n) is 5.15. The van der Waals surface area contributed by atoms with Gasteiger partial charge in [-0.2, -0.15) is 0 Å². The van der Waals surface area contributed by atoms with E-state index in [1.54, 1.807) is 0 Å². The minimum absolute atomic E-state index is 0.853. The van der Waals surface area contributed by atoms with Crippen LogP contribution in [0.3, 0.4) is 0 Å². The summed E-state index contributed by atoms with van der Waals surface area (Å²) in [6.07, 6.45) is 6.33. The van der Waals surface area contributed by atoms with Gasteiger partial charge in [0.1, 0.15) is 0 Å². The van der Waals surface area contributed by atoms with Crippen molar-refractivity contribution in [2.45, 2.75) is 53.9 Å². The summed E-state index contributed by atoms with van der Waals surface area (Å²) in [5.74, 6) is 1.74. The molecule has 72 valence electrons. The molecule has 0 aliphatic heterocycles. The first-order chi connectivity index (χ1) is 5.52. The van der Waals surface area contributed by atoms with E-state index in [0.717, 1.165) is 11.8 Å². The van der Waals surface area contributed by atoms with E-state index < -0.39 is 0 Å². The average molecular weight is 168 g/mol. The van der Waals surface area contributed by atoms with Crippen LogP contribution in [0, 0.1) is 11.8 Å². The summed E-state index contributed by atoms with van der Waals surface area (Å²) < 4.78 is 0. The van der Waals surface area contributed by atoms with Crippen molar-refractivity contribution in [3.05, 3.63) is 11.6 Å². The van der Waals surface area contributed by atoms with Crippen molar-refractivity contribution < 1.29 is 0 Å². The quantitative estimate of drug-likeness (QED) is 0.533. The number of hydrogen-bond donors (Lipinski definition) is 0. The minimum Gasteiger partial charge on any atom is -0.0859 e. The lowest BCUT2D eigenvalue weighted by molar-refractivity contribution is 0.417. The Hall–Kier alpha value is -0.260. The largest absolute Gasteiger partial charge is 0.0859 e. The van der Waals surface area contributed by atoms with E-state index in [9.17, 15) is 0 Å². The summed E-state index contributed by atoms with van der Waals surface area (Å²) >= 11 is 0. The Bertz CT molecular complexity index is 127. The van der Waals surface area contributed by atoms with Gasteiger partial charge < -0.3 is 0 Å². The van der Waals surface area contributed by atoms with Gasteiger partial charge >= 0.3 is 0 Å². The maximum absolute atomic E-state index is 2.36. The van der Waals surface area contributed by atoms with Crippen LogP contribution in [0.2, 0.25) is 0 Å². The van der Waals surface area contributed by atoms with E-state index in [1.807, 2.05) is 0 Å². The fourth-order valence-corrected chi connectivity index (χ4v) is 1.58. The molecule has 0 spiro atoms. The van der Waals surface area contributed by atoms with Gasteiger partial charge in [0.15, 0.2) is 0 Å². The third-order valence-electron chi connectivity index (χ3n) is 2.09. The van der Waals surface area contributed by atoms with Crippen molar-refractivity contribution in [2.24, 2.45) is 11.8 Å². The molecule has 12 heavy (non-hydrogen) atoms. The SMILES string of the molecule is CC(C)=CCC[C@@H](C)CC(C)C. The summed E-state index contributed by atoms with van der Waals surface area (Å²) in [4.78, 5) is 0. The van der Waals surface area contributed by atoms with E-state index in [2.05, 4.69) is 40.7 Å². The standard InChI is InChI=1S/C12H24/c1-10(2)7-6-8-12(5)9-11(3)4/h7,11-12H,6,8-9H2,1-5H3/t12-/m1/s1. The van der Waals surface area contributed by atoms with Crippen LogP contribution in [0.5, 0.6) is 0 Å². The average Bonchev–Trinajstić information content (AvgIpc) is 1.84. The maximum atomic E-state index is 2.36. The molecule has 0 amide bonds. The summed E-state index contributed by atoms with van der Waals surface area (Å²) in [6, 6.07) is 0. The zero-order chi connectivity index (χ0) is 9.56. The third kappa shape index (κ3) is 7.84. The highest BCUT2D eigenvalue weighted by atomic mass is 14.1. The highest BCUT2D eigenvalue weighted by molar-refractivity contribution is 4.92. The third-order valence-corrected chi connectivity index (χ3v) is 2.09. The topological polar surface area (TPSA) is 0 Å². The van der Waals surface area contributed by atoms with E-state index in [4.69, 9.17) is 0 Å². The second-order valence-electron chi connectivity index (χ2n) is 4.59. The molecule has 0 aromatic carbocycles. The highest BCUT2D eigenvalue weighted by Crippen LogP contribution is 2.16. The predicted octanol–water partition coefficient (Wildman–Crippen LogP) is 4.42. The molecule has 0 radical (unpaired) electrons. The Morgan fingerprint density at radius 2 is 1.75 bits per heavy atom. The molecule has 0 saturated heterocycles. The van der Waals surface area contributed by atoms with Crippen LogP contribution < -0.4 is 0 Å². The van der Waals surface area contributed by atoms with Gasteiger partial charge in [0.05, 0.1) is 0 Å². The number of hydrogen-bond acceptors (Lipinski definition) is 0. The zero-order valence-corrected chi connectivity index (χ0v) is 9.35. The Labute approximate surface area is 78.1 Å². The molecule has 1 atom stereocenters. The lowest BCUT2D eigenvalue weighted by Crippen LogP contribution is -1.99. The van der Waals surface area contributed by atoms with Gasteiger partial charge in [-0.1, -0.05) is 32.4 Å². The van der Waals surface area contributed by atoms with Crippen LogP contribution in [0.25, 0.3) is 0 Å². The molecule has 0 fully saturated rings. The maximum Gasteiger partial charge on any atom is -0.0346 e. The Kier molecular flexibility index (Phi) is 6.14. The van der Waals surface area contributed by atoms with Crippen LogP contribution in [0.4, 0.5) is 0 Å². The second-order valence-corrected chi connectivity index (χ2v) is 4.59. The monoisotopic (exact) mass is 168 g/mol. The Morgan fingerprint density at radius 1 is 1.17 bits per heavy atom. The zero-order valence-electron chi connectivity index (χ0n) is 9.35. The van der Waals surface area contributed by atoms with Crippen molar-refractivity contribution in [3.63, 3.8) is 0 Å². The Morgan fingerprint density at radius 3 is 2.17 bits per heavy atom. The molecule has 0 aliphatic carbocycles. The molecule has 0 bridgehead atoms. The first-order valence-corrected chi connectivity index (χ1v) is 5.15. The molecule has 0 aromatic heterocycles. The second kappa shape index (κ2) is 6.28. The van der Waals surface area contributed by atoms with Crippen molar-refractivity contribution in [1.29, 1.82) is 0 Å². The molecule has 0 heteroatoms. The van der Waals surface area contributed by atoms with E-state index >= 15 is 0 Å². The van der Waals surface area contributed by atoms with Crippen LogP contribution in [0.1, 0.15) is 53.9 Å². The van der Waals surface area contributed by atoms with Gasteiger partial charge in [-0.05, 0) is 44.9 Å².